The summed E-state index contributed by atoms with van der Waals surface area (Å²) < 4.78 is 5.88. The first-order chi connectivity index (χ1) is 6.70. The van der Waals surface area contributed by atoms with Gasteiger partial charge >= 0.3 is 0 Å². The fourth-order valence-corrected chi connectivity index (χ4v) is 1.76. The maximum Gasteiger partial charge on any atom is 0.181 e. The molecular formula is C10H12BrNO2. The lowest BCUT2D eigenvalue weighted by Crippen LogP contribution is -2.19. The highest BCUT2D eigenvalue weighted by Gasteiger charge is 2.14. The number of ketones is 1. The zero-order valence-electron chi connectivity index (χ0n) is 8.13. The molecule has 1 rings (SSSR count). The third kappa shape index (κ3) is 2.33. The summed E-state index contributed by atoms with van der Waals surface area (Å²) in [6.45, 7) is 0.305. The predicted octanol–water partition coefficient (Wildman–Crippen LogP) is 1.86. The molecule has 0 radical (unpaired) electrons. The zero-order valence-corrected chi connectivity index (χ0v) is 9.72. The summed E-state index contributed by atoms with van der Waals surface area (Å²) >= 11 is 3.33. The maximum absolute atomic E-state index is 11.7. The van der Waals surface area contributed by atoms with E-state index < -0.39 is 0 Å². The second-order valence-electron chi connectivity index (χ2n) is 2.77. The number of hydrogen-bond acceptors (Lipinski definition) is 3. The number of hydrogen-bond donors (Lipinski definition) is 1. The number of halogens is 1. The molecular weight excluding hydrogens is 246 g/mol. The number of Topliss-reactive ketones (excluding diaryl/α,β-unsaturated/α-hetero) is 1. The molecule has 76 valence electrons. The van der Waals surface area contributed by atoms with Crippen LogP contribution in [0, 0.1) is 0 Å². The van der Waals surface area contributed by atoms with Crippen LogP contribution >= 0.6 is 15.9 Å². The van der Waals surface area contributed by atoms with E-state index >= 15 is 0 Å². The second kappa shape index (κ2) is 5.12. The Morgan fingerprint density at radius 1 is 1.57 bits per heavy atom. The SMILES string of the molecule is CNCC(=O)c1c(Br)cccc1OC. The molecule has 0 spiro atoms. The summed E-state index contributed by atoms with van der Waals surface area (Å²) in [7, 11) is 3.29. The first-order valence-electron chi connectivity index (χ1n) is 4.21. The molecule has 0 saturated heterocycles. The average molecular weight is 258 g/mol. The topological polar surface area (TPSA) is 38.3 Å². The minimum absolute atomic E-state index is 0.0109. The number of ether oxygens (including phenoxy) is 1. The van der Waals surface area contributed by atoms with Crippen molar-refractivity contribution >= 4 is 21.7 Å². The van der Waals surface area contributed by atoms with E-state index in [-0.39, 0.29) is 5.78 Å². The fraction of sp³-hybridized carbons (Fsp3) is 0.300. The molecule has 1 N–H and O–H groups in total. The average Bonchev–Trinajstić information content (AvgIpc) is 2.17. The Kier molecular flexibility index (Phi) is 4.10. The molecule has 1 aromatic carbocycles. The maximum atomic E-state index is 11.7. The summed E-state index contributed by atoms with van der Waals surface area (Å²) in [5, 5.41) is 2.82. The Morgan fingerprint density at radius 2 is 2.29 bits per heavy atom. The van der Waals surface area contributed by atoms with Gasteiger partial charge in [0.2, 0.25) is 0 Å². The molecule has 4 heteroatoms. The van der Waals surface area contributed by atoms with E-state index in [1.807, 2.05) is 12.1 Å². The van der Waals surface area contributed by atoms with Crippen LogP contribution in [0.25, 0.3) is 0 Å². The van der Waals surface area contributed by atoms with Crippen molar-refractivity contribution < 1.29 is 9.53 Å². The number of carbonyl (C=O) groups is 1. The summed E-state index contributed by atoms with van der Waals surface area (Å²) in [5.41, 5.74) is 0.587. The van der Waals surface area contributed by atoms with Crippen LogP contribution < -0.4 is 10.1 Å². The van der Waals surface area contributed by atoms with Crippen LogP contribution in [-0.4, -0.2) is 26.5 Å². The molecule has 0 aliphatic carbocycles. The van der Waals surface area contributed by atoms with Crippen molar-refractivity contribution in [3.8, 4) is 5.75 Å². The van der Waals surface area contributed by atoms with Crippen LogP contribution in [0.1, 0.15) is 10.4 Å². The molecule has 0 unspecified atom stereocenters. The van der Waals surface area contributed by atoms with Crippen LogP contribution in [0.4, 0.5) is 0 Å². The van der Waals surface area contributed by atoms with Gasteiger partial charge in [-0.3, -0.25) is 4.79 Å². The summed E-state index contributed by atoms with van der Waals surface area (Å²) in [5.74, 6) is 0.608. The summed E-state index contributed by atoms with van der Waals surface area (Å²) in [4.78, 5) is 11.7. The molecule has 14 heavy (non-hydrogen) atoms. The van der Waals surface area contributed by atoms with Crippen molar-refractivity contribution in [3.63, 3.8) is 0 Å². The van der Waals surface area contributed by atoms with Crippen LogP contribution in [0.3, 0.4) is 0 Å². The summed E-state index contributed by atoms with van der Waals surface area (Å²) in [6.07, 6.45) is 0. The van der Waals surface area contributed by atoms with Gasteiger partial charge in [0.25, 0.3) is 0 Å². The van der Waals surface area contributed by atoms with Crippen molar-refractivity contribution in [1.29, 1.82) is 0 Å². The summed E-state index contributed by atoms with van der Waals surface area (Å²) in [6, 6.07) is 5.43. The Hall–Kier alpha value is -0.870. The molecule has 0 fully saturated rings. The number of carbonyl (C=O) groups excluding carboxylic acids is 1. The zero-order chi connectivity index (χ0) is 10.6. The first-order valence-corrected chi connectivity index (χ1v) is 5.00. The smallest absolute Gasteiger partial charge is 0.181 e. The molecule has 3 nitrogen and oxygen atoms in total. The second-order valence-corrected chi connectivity index (χ2v) is 3.62. The number of likely N-dealkylation sites (N-methyl/N-ethyl adjacent to an activating group) is 1. The Balaban J connectivity index is 3.10. The molecule has 0 amide bonds. The highest BCUT2D eigenvalue weighted by Crippen LogP contribution is 2.26. The third-order valence-corrected chi connectivity index (χ3v) is 2.47. The van der Waals surface area contributed by atoms with Crippen LogP contribution in [0.2, 0.25) is 0 Å². The quantitative estimate of drug-likeness (QED) is 0.838. The van der Waals surface area contributed by atoms with E-state index in [0.29, 0.717) is 17.9 Å². The minimum atomic E-state index is 0.0109. The standard InChI is InChI=1S/C10H12BrNO2/c1-12-6-8(13)10-7(11)4-3-5-9(10)14-2/h3-5,12H,6H2,1-2H3. The monoisotopic (exact) mass is 257 g/mol. The molecule has 0 heterocycles. The van der Waals surface area contributed by atoms with Gasteiger partial charge in [-0.1, -0.05) is 6.07 Å². The van der Waals surface area contributed by atoms with E-state index in [2.05, 4.69) is 21.2 Å². The van der Waals surface area contributed by atoms with Gasteiger partial charge in [-0.25, -0.2) is 0 Å². The van der Waals surface area contributed by atoms with Crippen LogP contribution in [-0.2, 0) is 0 Å². The van der Waals surface area contributed by atoms with Gasteiger partial charge < -0.3 is 10.1 Å². The Labute approximate surface area is 91.6 Å². The predicted molar refractivity (Wildman–Crippen MR) is 59.0 cm³/mol. The number of nitrogens with one attached hydrogen (secondary N) is 1. The molecule has 0 bridgehead atoms. The van der Waals surface area contributed by atoms with Gasteiger partial charge in [0, 0.05) is 4.47 Å². The molecule has 0 aliphatic heterocycles. The number of benzene rings is 1. The minimum Gasteiger partial charge on any atom is -0.496 e. The van der Waals surface area contributed by atoms with Crippen molar-refractivity contribution in [2.75, 3.05) is 20.7 Å². The number of methoxy groups -OCH3 is 1. The van der Waals surface area contributed by atoms with E-state index in [1.54, 1.807) is 20.2 Å². The highest BCUT2D eigenvalue weighted by atomic mass is 79.9. The molecule has 0 aliphatic rings. The van der Waals surface area contributed by atoms with Gasteiger partial charge in [-0.05, 0) is 35.1 Å². The Morgan fingerprint density at radius 3 is 2.86 bits per heavy atom. The van der Waals surface area contributed by atoms with E-state index in [4.69, 9.17) is 4.74 Å². The lowest BCUT2D eigenvalue weighted by Gasteiger charge is -2.08. The third-order valence-electron chi connectivity index (χ3n) is 1.81. The number of rotatable bonds is 4. The van der Waals surface area contributed by atoms with Gasteiger partial charge in [-0.15, -0.1) is 0 Å². The first kappa shape index (κ1) is 11.2. The van der Waals surface area contributed by atoms with Gasteiger partial charge in [0.05, 0.1) is 19.2 Å². The van der Waals surface area contributed by atoms with Crippen molar-refractivity contribution in [1.82, 2.24) is 5.32 Å². The molecule has 0 aromatic heterocycles. The Bertz CT molecular complexity index is 339. The van der Waals surface area contributed by atoms with E-state index in [1.165, 1.54) is 0 Å². The largest absolute Gasteiger partial charge is 0.496 e. The molecule has 1 aromatic rings. The van der Waals surface area contributed by atoms with Gasteiger partial charge in [0.15, 0.2) is 5.78 Å². The lowest BCUT2D eigenvalue weighted by atomic mass is 10.1. The van der Waals surface area contributed by atoms with E-state index in [0.717, 1.165) is 4.47 Å². The molecule has 0 atom stereocenters. The van der Waals surface area contributed by atoms with Gasteiger partial charge in [-0.2, -0.15) is 0 Å². The van der Waals surface area contributed by atoms with Crippen molar-refractivity contribution in [3.05, 3.63) is 28.2 Å². The molecule has 0 saturated carbocycles. The van der Waals surface area contributed by atoms with Crippen LogP contribution in [0.15, 0.2) is 22.7 Å². The van der Waals surface area contributed by atoms with Crippen molar-refractivity contribution in [2.45, 2.75) is 0 Å². The lowest BCUT2D eigenvalue weighted by molar-refractivity contribution is 0.0990. The van der Waals surface area contributed by atoms with Gasteiger partial charge in [0.1, 0.15) is 5.75 Å². The highest BCUT2D eigenvalue weighted by molar-refractivity contribution is 9.10. The van der Waals surface area contributed by atoms with Crippen molar-refractivity contribution in [2.24, 2.45) is 0 Å². The normalized spacial score (nSPS) is 9.93. The van der Waals surface area contributed by atoms with E-state index in [9.17, 15) is 4.79 Å². The van der Waals surface area contributed by atoms with Crippen LogP contribution in [0.5, 0.6) is 5.75 Å². The fourth-order valence-electron chi connectivity index (χ4n) is 1.19.